The molecule has 1 aliphatic heterocycles. The van der Waals surface area contributed by atoms with Gasteiger partial charge < -0.3 is 10.0 Å². The zero-order valence-electron chi connectivity index (χ0n) is 12.8. The smallest absolute Gasteiger partial charge is 0.226 e. The van der Waals surface area contributed by atoms with Gasteiger partial charge in [-0.05, 0) is 62.2 Å². The largest absolute Gasteiger partial charge is 0.389 e. The Hall–Kier alpha value is -0.570. The molecule has 1 saturated heterocycles. The Morgan fingerprint density at radius 2 is 1.81 bits per heavy atom. The van der Waals surface area contributed by atoms with Crippen LogP contribution < -0.4 is 0 Å². The Balaban J connectivity index is 1.28. The molecule has 6 atom stereocenters. The van der Waals surface area contributed by atoms with E-state index in [1.54, 1.807) is 0 Å². The Bertz CT molecular complexity index is 462. The second kappa shape index (κ2) is 4.24. The number of fused-ring (bicyclic) bond motifs is 6. The van der Waals surface area contributed by atoms with Crippen LogP contribution in [0.4, 0.5) is 0 Å². The first-order valence-electron chi connectivity index (χ1n) is 9.18. The molecule has 3 heteroatoms. The minimum Gasteiger partial charge on any atom is -0.389 e. The first kappa shape index (κ1) is 12.9. The van der Waals surface area contributed by atoms with Gasteiger partial charge in [0, 0.05) is 24.9 Å². The summed E-state index contributed by atoms with van der Waals surface area (Å²) in [5.41, 5.74) is -0.451. The van der Waals surface area contributed by atoms with E-state index < -0.39 is 5.60 Å². The van der Waals surface area contributed by atoms with Crippen LogP contribution in [-0.2, 0) is 4.79 Å². The van der Waals surface area contributed by atoms with Gasteiger partial charge >= 0.3 is 0 Å². The average molecular weight is 289 g/mol. The molecule has 21 heavy (non-hydrogen) atoms. The van der Waals surface area contributed by atoms with Crippen LogP contribution in [0.1, 0.15) is 51.4 Å². The lowest BCUT2D eigenvalue weighted by atomic mass is 9.71. The van der Waals surface area contributed by atoms with Crippen molar-refractivity contribution in [3.8, 4) is 0 Å². The lowest BCUT2D eigenvalue weighted by Crippen LogP contribution is -2.55. The summed E-state index contributed by atoms with van der Waals surface area (Å²) in [6, 6.07) is 0. The summed E-state index contributed by atoms with van der Waals surface area (Å²) in [6.45, 7) is 1.64. The lowest BCUT2D eigenvalue weighted by molar-refractivity contribution is -0.145. The van der Waals surface area contributed by atoms with Crippen LogP contribution in [-0.4, -0.2) is 34.6 Å². The minimum absolute atomic E-state index is 0.347. The van der Waals surface area contributed by atoms with Crippen LogP contribution in [0.25, 0.3) is 0 Å². The highest BCUT2D eigenvalue weighted by atomic mass is 16.3. The number of amides is 1. The molecule has 0 aromatic rings. The maximum atomic E-state index is 12.9. The number of piperidine rings is 1. The third kappa shape index (κ3) is 1.73. The highest BCUT2D eigenvalue weighted by Gasteiger charge is 2.68. The molecule has 3 nitrogen and oxygen atoms in total. The van der Waals surface area contributed by atoms with Gasteiger partial charge in [0.25, 0.3) is 0 Å². The van der Waals surface area contributed by atoms with E-state index in [0.29, 0.717) is 17.7 Å². The quantitative estimate of drug-likeness (QED) is 0.805. The molecule has 1 heterocycles. The van der Waals surface area contributed by atoms with Crippen molar-refractivity contribution in [2.75, 3.05) is 13.1 Å². The molecule has 5 fully saturated rings. The molecule has 5 rings (SSSR count). The number of carbonyl (C=O) groups is 1. The monoisotopic (exact) mass is 289 g/mol. The van der Waals surface area contributed by atoms with E-state index in [-0.39, 0.29) is 0 Å². The fourth-order valence-corrected chi connectivity index (χ4v) is 6.64. The molecule has 1 N–H and O–H groups in total. The predicted octanol–water partition coefficient (Wildman–Crippen LogP) is 2.43. The standard InChI is InChI=1S/C18H27NO2/c20-17(16-14-11-4-5-12(9-11)15(14)16)19-8-7-18(21)6-2-1-3-13(18)10-19/h11-16,21H,1-10H2. The maximum Gasteiger partial charge on any atom is 0.226 e. The average Bonchev–Trinajstić information content (AvgIpc) is 2.92. The van der Waals surface area contributed by atoms with Gasteiger partial charge in [-0.15, -0.1) is 0 Å². The number of carbonyl (C=O) groups excluding carboxylic acids is 1. The summed E-state index contributed by atoms with van der Waals surface area (Å²) in [5.74, 6) is 4.45. The topological polar surface area (TPSA) is 40.5 Å². The van der Waals surface area contributed by atoms with Crippen LogP contribution in [0.2, 0.25) is 0 Å². The second-order valence-electron chi connectivity index (χ2n) is 8.59. The van der Waals surface area contributed by atoms with Crippen molar-refractivity contribution in [2.24, 2.45) is 35.5 Å². The van der Waals surface area contributed by atoms with Crippen molar-refractivity contribution in [1.29, 1.82) is 0 Å². The van der Waals surface area contributed by atoms with E-state index in [1.807, 2.05) is 0 Å². The van der Waals surface area contributed by atoms with E-state index in [0.717, 1.165) is 62.4 Å². The van der Waals surface area contributed by atoms with Gasteiger partial charge in [-0.25, -0.2) is 0 Å². The predicted molar refractivity (Wildman–Crippen MR) is 79.4 cm³/mol. The van der Waals surface area contributed by atoms with E-state index >= 15 is 0 Å². The van der Waals surface area contributed by atoms with E-state index in [4.69, 9.17) is 0 Å². The molecular formula is C18H27NO2. The number of aliphatic hydroxyl groups is 1. The first-order chi connectivity index (χ1) is 10.2. The lowest BCUT2D eigenvalue weighted by Gasteiger charge is -2.47. The fourth-order valence-electron chi connectivity index (χ4n) is 6.64. The van der Waals surface area contributed by atoms with Gasteiger partial charge in [0.15, 0.2) is 0 Å². The van der Waals surface area contributed by atoms with Crippen LogP contribution in [0.3, 0.4) is 0 Å². The van der Waals surface area contributed by atoms with Gasteiger partial charge in [0.05, 0.1) is 5.60 Å². The second-order valence-corrected chi connectivity index (χ2v) is 8.59. The molecule has 0 aromatic heterocycles. The Labute approximate surface area is 127 Å². The van der Waals surface area contributed by atoms with Crippen LogP contribution in [0.5, 0.6) is 0 Å². The summed E-state index contributed by atoms with van der Waals surface area (Å²) < 4.78 is 0. The zero-order valence-corrected chi connectivity index (χ0v) is 12.8. The van der Waals surface area contributed by atoms with Crippen LogP contribution in [0.15, 0.2) is 0 Å². The fraction of sp³-hybridized carbons (Fsp3) is 0.944. The van der Waals surface area contributed by atoms with Gasteiger partial charge in [-0.1, -0.05) is 12.8 Å². The molecule has 2 bridgehead atoms. The summed E-state index contributed by atoms with van der Waals surface area (Å²) in [7, 11) is 0. The molecular weight excluding hydrogens is 262 g/mol. The van der Waals surface area contributed by atoms with E-state index in [2.05, 4.69) is 4.90 Å². The number of likely N-dealkylation sites (tertiary alicyclic amines) is 1. The summed E-state index contributed by atoms with van der Waals surface area (Å²) in [6.07, 6.45) is 9.47. The van der Waals surface area contributed by atoms with Crippen LogP contribution >= 0.6 is 0 Å². The molecule has 0 aromatic carbocycles. The van der Waals surface area contributed by atoms with Crippen molar-refractivity contribution in [2.45, 2.75) is 57.0 Å². The van der Waals surface area contributed by atoms with Crippen molar-refractivity contribution in [1.82, 2.24) is 4.90 Å². The highest BCUT2D eigenvalue weighted by molar-refractivity contribution is 5.83. The highest BCUT2D eigenvalue weighted by Crippen LogP contribution is 2.69. The van der Waals surface area contributed by atoms with Crippen LogP contribution in [0, 0.1) is 35.5 Å². The normalized spacial score (nSPS) is 54.2. The Kier molecular flexibility index (Phi) is 2.61. The van der Waals surface area contributed by atoms with E-state index in [9.17, 15) is 9.90 Å². The number of nitrogens with zero attached hydrogens (tertiary/aromatic N) is 1. The van der Waals surface area contributed by atoms with Crippen molar-refractivity contribution in [3.05, 3.63) is 0 Å². The van der Waals surface area contributed by atoms with Crippen molar-refractivity contribution >= 4 is 5.91 Å². The third-order valence-corrected chi connectivity index (χ3v) is 7.76. The number of hydrogen-bond donors (Lipinski definition) is 1. The number of rotatable bonds is 1. The molecule has 0 radical (unpaired) electrons. The summed E-state index contributed by atoms with van der Waals surface area (Å²) >= 11 is 0. The minimum atomic E-state index is -0.451. The summed E-state index contributed by atoms with van der Waals surface area (Å²) in [4.78, 5) is 15.0. The SMILES string of the molecule is O=C(C1C2C3CCC(C3)C12)N1CCC2(O)CCCCC2C1. The Morgan fingerprint density at radius 3 is 2.57 bits per heavy atom. The molecule has 0 spiro atoms. The molecule has 5 aliphatic rings. The summed E-state index contributed by atoms with van der Waals surface area (Å²) in [5, 5.41) is 10.8. The maximum absolute atomic E-state index is 12.9. The Morgan fingerprint density at radius 1 is 1.05 bits per heavy atom. The molecule has 116 valence electrons. The van der Waals surface area contributed by atoms with E-state index in [1.165, 1.54) is 25.7 Å². The molecule has 1 amide bonds. The van der Waals surface area contributed by atoms with Gasteiger partial charge in [0.1, 0.15) is 0 Å². The molecule has 6 unspecified atom stereocenters. The van der Waals surface area contributed by atoms with Gasteiger partial charge in [-0.2, -0.15) is 0 Å². The van der Waals surface area contributed by atoms with Gasteiger partial charge in [0.2, 0.25) is 5.91 Å². The number of hydrogen-bond acceptors (Lipinski definition) is 2. The van der Waals surface area contributed by atoms with Gasteiger partial charge in [-0.3, -0.25) is 4.79 Å². The third-order valence-electron chi connectivity index (χ3n) is 7.76. The first-order valence-corrected chi connectivity index (χ1v) is 9.18. The zero-order chi connectivity index (χ0) is 14.2. The van der Waals surface area contributed by atoms with Crippen molar-refractivity contribution < 1.29 is 9.90 Å². The molecule has 4 saturated carbocycles. The van der Waals surface area contributed by atoms with Crippen molar-refractivity contribution in [3.63, 3.8) is 0 Å². The molecule has 4 aliphatic carbocycles.